The average molecular weight is 340 g/mol. The third-order valence-electron chi connectivity index (χ3n) is 2.98. The number of pyridine rings is 1. The van der Waals surface area contributed by atoms with Crippen LogP contribution in [0.1, 0.15) is 17.2 Å². The summed E-state index contributed by atoms with van der Waals surface area (Å²) in [6, 6.07) is 8.05. The van der Waals surface area contributed by atoms with E-state index >= 15 is 0 Å². The summed E-state index contributed by atoms with van der Waals surface area (Å²) in [6.45, 7) is 0.426. The van der Waals surface area contributed by atoms with Crippen LogP contribution in [-0.2, 0) is 6.54 Å². The van der Waals surface area contributed by atoms with E-state index in [4.69, 9.17) is 23.2 Å². The van der Waals surface area contributed by atoms with E-state index < -0.39 is 6.10 Å². The molecule has 2 rings (SSSR count). The second-order valence-corrected chi connectivity index (χ2v) is 5.44. The van der Waals surface area contributed by atoms with Gasteiger partial charge in [-0.15, -0.1) is 0 Å². The molecule has 1 unspecified atom stereocenters. The Hall–Kier alpha value is -1.82. The number of aromatic nitrogens is 1. The van der Waals surface area contributed by atoms with Crippen molar-refractivity contribution in [3.63, 3.8) is 0 Å². The zero-order valence-electron chi connectivity index (χ0n) is 11.6. The Balaban J connectivity index is 1.80. The minimum Gasteiger partial charge on any atom is -0.387 e. The molecular formula is C15H15Cl2N3O2. The van der Waals surface area contributed by atoms with Crippen molar-refractivity contribution in [3.05, 3.63) is 63.9 Å². The fourth-order valence-corrected chi connectivity index (χ4v) is 2.35. The summed E-state index contributed by atoms with van der Waals surface area (Å²) >= 11 is 11.8. The van der Waals surface area contributed by atoms with Crippen molar-refractivity contribution in [2.45, 2.75) is 12.6 Å². The predicted octanol–water partition coefficient (Wildman–Crippen LogP) is 2.92. The Bertz CT molecular complexity index is 638. The van der Waals surface area contributed by atoms with Crippen LogP contribution in [0.4, 0.5) is 4.79 Å². The van der Waals surface area contributed by atoms with Crippen LogP contribution in [-0.4, -0.2) is 22.7 Å². The number of carbonyl (C=O) groups excluding carboxylic acids is 1. The largest absolute Gasteiger partial charge is 0.387 e. The molecule has 22 heavy (non-hydrogen) atoms. The van der Waals surface area contributed by atoms with Crippen LogP contribution in [0.3, 0.4) is 0 Å². The minimum atomic E-state index is -0.906. The molecule has 1 atom stereocenters. The second kappa shape index (κ2) is 7.98. The van der Waals surface area contributed by atoms with Crippen molar-refractivity contribution in [3.8, 4) is 0 Å². The number of aliphatic hydroxyl groups is 1. The third kappa shape index (κ3) is 4.87. The number of amides is 2. The highest BCUT2D eigenvalue weighted by Gasteiger charge is 2.13. The maximum absolute atomic E-state index is 11.7. The van der Waals surface area contributed by atoms with Gasteiger partial charge in [-0.25, -0.2) is 4.79 Å². The lowest BCUT2D eigenvalue weighted by Gasteiger charge is -2.14. The first-order chi connectivity index (χ1) is 10.6. The van der Waals surface area contributed by atoms with Crippen molar-refractivity contribution in [1.82, 2.24) is 15.6 Å². The summed E-state index contributed by atoms with van der Waals surface area (Å²) in [6.07, 6.45) is 2.40. The molecule has 0 radical (unpaired) electrons. The number of hydrogen-bond acceptors (Lipinski definition) is 3. The van der Waals surface area contributed by atoms with Crippen LogP contribution < -0.4 is 10.6 Å². The number of nitrogens with one attached hydrogen (secondary N) is 2. The first-order valence-electron chi connectivity index (χ1n) is 6.60. The van der Waals surface area contributed by atoms with Crippen molar-refractivity contribution >= 4 is 29.2 Å². The molecule has 0 saturated heterocycles. The highest BCUT2D eigenvalue weighted by molar-refractivity contribution is 6.35. The van der Waals surface area contributed by atoms with Gasteiger partial charge in [0.05, 0.1) is 6.10 Å². The summed E-state index contributed by atoms with van der Waals surface area (Å²) in [5.41, 5.74) is 1.45. The van der Waals surface area contributed by atoms with E-state index in [1.807, 2.05) is 12.1 Å². The van der Waals surface area contributed by atoms with Crippen LogP contribution in [0.25, 0.3) is 0 Å². The minimum absolute atomic E-state index is 0.0452. The van der Waals surface area contributed by atoms with Gasteiger partial charge in [-0.2, -0.15) is 0 Å². The maximum Gasteiger partial charge on any atom is 0.315 e. The third-order valence-corrected chi connectivity index (χ3v) is 3.54. The van der Waals surface area contributed by atoms with Crippen LogP contribution in [0, 0.1) is 0 Å². The van der Waals surface area contributed by atoms with E-state index in [1.54, 1.807) is 30.6 Å². The second-order valence-electron chi connectivity index (χ2n) is 4.60. The summed E-state index contributed by atoms with van der Waals surface area (Å²) in [4.78, 5) is 15.6. The number of urea groups is 1. The molecule has 2 aromatic rings. The van der Waals surface area contributed by atoms with Crippen LogP contribution in [0.5, 0.6) is 0 Å². The molecule has 5 nitrogen and oxygen atoms in total. The topological polar surface area (TPSA) is 74.2 Å². The van der Waals surface area contributed by atoms with E-state index in [1.165, 1.54) is 0 Å². The van der Waals surface area contributed by atoms with Crippen molar-refractivity contribution in [2.24, 2.45) is 0 Å². The molecule has 0 aliphatic carbocycles. The fraction of sp³-hybridized carbons (Fsp3) is 0.200. The average Bonchev–Trinajstić information content (AvgIpc) is 2.51. The van der Waals surface area contributed by atoms with Gasteiger partial charge in [-0.05, 0) is 29.8 Å². The van der Waals surface area contributed by atoms with Crippen molar-refractivity contribution in [1.29, 1.82) is 0 Å². The molecule has 1 heterocycles. The smallest absolute Gasteiger partial charge is 0.315 e. The fourth-order valence-electron chi connectivity index (χ4n) is 1.82. The van der Waals surface area contributed by atoms with Crippen molar-refractivity contribution < 1.29 is 9.90 Å². The molecule has 0 fully saturated rings. The first-order valence-corrected chi connectivity index (χ1v) is 7.35. The van der Waals surface area contributed by atoms with Gasteiger partial charge in [0.2, 0.25) is 0 Å². The number of hydrogen-bond donors (Lipinski definition) is 3. The zero-order chi connectivity index (χ0) is 15.9. The number of aliphatic hydroxyl groups excluding tert-OH is 1. The number of rotatable bonds is 5. The Labute approximate surface area is 138 Å². The molecule has 0 bridgehead atoms. The van der Waals surface area contributed by atoms with Gasteiger partial charge in [-0.3, -0.25) is 4.98 Å². The number of carbonyl (C=O) groups is 1. The molecule has 0 aliphatic rings. The van der Waals surface area contributed by atoms with Gasteiger partial charge in [-0.1, -0.05) is 29.3 Å². The Morgan fingerprint density at radius 3 is 2.59 bits per heavy atom. The van der Waals surface area contributed by atoms with Crippen molar-refractivity contribution in [2.75, 3.05) is 6.54 Å². The standard InChI is InChI=1S/C15H15Cl2N3O2/c16-11-1-2-12(13(17)7-11)14(21)9-20-15(22)19-8-10-3-5-18-6-4-10/h1-7,14,21H,8-9H2,(H2,19,20,22). The normalized spacial score (nSPS) is 11.8. The molecular weight excluding hydrogens is 325 g/mol. The van der Waals surface area contributed by atoms with E-state index in [9.17, 15) is 9.90 Å². The van der Waals surface area contributed by atoms with Crippen LogP contribution in [0.15, 0.2) is 42.7 Å². The number of halogens is 2. The molecule has 2 amide bonds. The molecule has 3 N–H and O–H groups in total. The molecule has 116 valence electrons. The van der Waals surface area contributed by atoms with E-state index in [0.717, 1.165) is 5.56 Å². The molecule has 7 heteroatoms. The highest BCUT2D eigenvalue weighted by atomic mass is 35.5. The molecule has 0 saturated carbocycles. The van der Waals surface area contributed by atoms with Crippen LogP contribution >= 0.6 is 23.2 Å². The predicted molar refractivity (Wildman–Crippen MR) is 85.9 cm³/mol. The lowest BCUT2D eigenvalue weighted by atomic mass is 10.1. The van der Waals surface area contributed by atoms with Gasteiger partial charge in [0.15, 0.2) is 0 Å². The zero-order valence-corrected chi connectivity index (χ0v) is 13.1. The first kappa shape index (κ1) is 16.5. The quantitative estimate of drug-likeness (QED) is 0.783. The monoisotopic (exact) mass is 339 g/mol. The number of nitrogens with zero attached hydrogens (tertiary/aromatic N) is 1. The Morgan fingerprint density at radius 1 is 1.18 bits per heavy atom. The summed E-state index contributed by atoms with van der Waals surface area (Å²) < 4.78 is 0. The van der Waals surface area contributed by atoms with Gasteiger partial charge >= 0.3 is 6.03 Å². The molecule has 1 aromatic carbocycles. The van der Waals surface area contributed by atoms with Crippen LogP contribution in [0.2, 0.25) is 10.0 Å². The van der Waals surface area contributed by atoms with E-state index in [0.29, 0.717) is 22.2 Å². The van der Waals surface area contributed by atoms with E-state index in [2.05, 4.69) is 15.6 Å². The van der Waals surface area contributed by atoms with Gasteiger partial charge in [0.25, 0.3) is 0 Å². The summed E-state index contributed by atoms with van der Waals surface area (Å²) in [7, 11) is 0. The Morgan fingerprint density at radius 2 is 1.91 bits per heavy atom. The SMILES string of the molecule is O=C(NCc1ccncc1)NCC(O)c1ccc(Cl)cc1Cl. The summed E-state index contributed by atoms with van der Waals surface area (Å²) in [5.74, 6) is 0. The van der Waals surface area contributed by atoms with E-state index in [-0.39, 0.29) is 12.6 Å². The van der Waals surface area contributed by atoms with Gasteiger partial charge in [0.1, 0.15) is 0 Å². The lowest BCUT2D eigenvalue weighted by Crippen LogP contribution is -2.37. The Kier molecular flexibility index (Phi) is 6.00. The molecule has 1 aromatic heterocycles. The molecule has 0 aliphatic heterocycles. The van der Waals surface area contributed by atoms with Gasteiger partial charge in [0, 0.05) is 41.1 Å². The highest BCUT2D eigenvalue weighted by Crippen LogP contribution is 2.25. The maximum atomic E-state index is 11.7. The number of benzene rings is 1. The molecule has 0 spiro atoms. The van der Waals surface area contributed by atoms with Gasteiger partial charge < -0.3 is 15.7 Å². The lowest BCUT2D eigenvalue weighted by molar-refractivity contribution is 0.173. The summed E-state index contributed by atoms with van der Waals surface area (Å²) in [5, 5.41) is 16.2.